The van der Waals surface area contributed by atoms with E-state index < -0.39 is 11.2 Å². The molecule has 0 saturated carbocycles. The summed E-state index contributed by atoms with van der Waals surface area (Å²) in [5.74, 6) is -1.90. The Morgan fingerprint density at radius 3 is 2.56 bits per heavy atom. The Hall–Kier alpha value is -2.60. The Morgan fingerprint density at radius 1 is 1.16 bits per heavy atom. The van der Waals surface area contributed by atoms with Crippen LogP contribution < -0.4 is 10.0 Å². The molecule has 1 heterocycles. The fourth-order valence-corrected chi connectivity index (χ4v) is 4.07. The average molecular weight is 354 g/mol. The second kappa shape index (κ2) is 6.72. The first kappa shape index (κ1) is 17.2. The van der Waals surface area contributed by atoms with E-state index in [4.69, 9.17) is 0 Å². The fraction of sp³-hybridized carbons (Fsp3) is 0.211. The van der Waals surface area contributed by atoms with E-state index in [0.717, 1.165) is 22.9 Å². The van der Waals surface area contributed by atoms with Gasteiger partial charge in [0.2, 0.25) is 11.8 Å². The summed E-state index contributed by atoms with van der Waals surface area (Å²) in [6, 6.07) is 11.9. The Bertz CT molecular complexity index is 877. The summed E-state index contributed by atoms with van der Waals surface area (Å²) in [5, 5.41) is 10.6. The number of amides is 2. The molecule has 0 aliphatic carbocycles. The lowest BCUT2D eigenvalue weighted by atomic mass is 10.1. The van der Waals surface area contributed by atoms with E-state index in [-0.39, 0.29) is 23.8 Å². The summed E-state index contributed by atoms with van der Waals surface area (Å²) in [6.45, 7) is 3.80. The maximum absolute atomic E-state index is 12.8. The first-order valence-electron chi connectivity index (χ1n) is 7.79. The lowest BCUT2D eigenvalue weighted by Gasteiger charge is -2.18. The van der Waals surface area contributed by atoms with Crippen molar-refractivity contribution in [3.63, 3.8) is 0 Å². The third-order valence-electron chi connectivity index (χ3n) is 4.07. The number of carbonyl (C=O) groups is 3. The van der Waals surface area contributed by atoms with Gasteiger partial charge in [-0.1, -0.05) is 35.9 Å². The number of thioether (sulfide) groups is 1. The van der Waals surface area contributed by atoms with E-state index in [1.54, 1.807) is 24.3 Å². The first-order valence-corrected chi connectivity index (χ1v) is 8.67. The number of nitrogens with zero attached hydrogens (tertiary/aromatic N) is 1. The molecule has 0 radical (unpaired) electrons. The zero-order valence-electron chi connectivity index (χ0n) is 13.8. The van der Waals surface area contributed by atoms with Crippen molar-refractivity contribution in [2.24, 2.45) is 0 Å². The topological polar surface area (TPSA) is 77.5 Å². The largest absolute Gasteiger partial charge is 0.545 e. The zero-order chi connectivity index (χ0) is 18.1. The number of imide groups is 1. The molecule has 0 bridgehead atoms. The van der Waals surface area contributed by atoms with Crippen LogP contribution in [0.1, 0.15) is 27.9 Å². The molecule has 1 aliphatic rings. The highest BCUT2D eigenvalue weighted by atomic mass is 32.2. The predicted molar refractivity (Wildman–Crippen MR) is 93.4 cm³/mol. The van der Waals surface area contributed by atoms with E-state index in [1.165, 1.54) is 11.0 Å². The summed E-state index contributed by atoms with van der Waals surface area (Å²) in [4.78, 5) is 38.0. The van der Waals surface area contributed by atoms with Gasteiger partial charge >= 0.3 is 0 Å². The van der Waals surface area contributed by atoms with E-state index >= 15 is 0 Å². The molecule has 1 fully saturated rings. The molecule has 2 aromatic carbocycles. The van der Waals surface area contributed by atoms with Crippen LogP contribution in [0.3, 0.4) is 0 Å². The van der Waals surface area contributed by atoms with Crippen LogP contribution in [0.2, 0.25) is 0 Å². The minimum Gasteiger partial charge on any atom is -0.545 e. The van der Waals surface area contributed by atoms with Crippen LogP contribution >= 0.6 is 11.8 Å². The van der Waals surface area contributed by atoms with E-state index in [1.807, 2.05) is 26.0 Å². The second-order valence-electron chi connectivity index (χ2n) is 5.95. The van der Waals surface area contributed by atoms with Gasteiger partial charge < -0.3 is 9.90 Å². The van der Waals surface area contributed by atoms with Gasteiger partial charge in [0, 0.05) is 16.9 Å². The van der Waals surface area contributed by atoms with Crippen molar-refractivity contribution in [3.05, 3.63) is 59.2 Å². The summed E-state index contributed by atoms with van der Waals surface area (Å²) in [7, 11) is 0. The molecule has 1 aliphatic heterocycles. The molecule has 1 saturated heterocycles. The quantitative estimate of drug-likeness (QED) is 0.786. The highest BCUT2D eigenvalue weighted by Crippen LogP contribution is 2.36. The van der Waals surface area contributed by atoms with Crippen molar-refractivity contribution in [2.75, 3.05) is 4.90 Å². The molecule has 5 nitrogen and oxygen atoms in total. The van der Waals surface area contributed by atoms with Gasteiger partial charge in [-0.3, -0.25) is 9.59 Å². The number of benzene rings is 2. The standard InChI is InChI=1S/C19H17NO4S/c1-11-7-8-14(12(2)9-11)20-17(21)10-16(18(20)22)25-15-6-4-3-5-13(15)19(23)24/h3-9,16H,10H2,1-2H3,(H,23,24)/p-1. The number of anilines is 1. The highest BCUT2D eigenvalue weighted by Gasteiger charge is 2.40. The lowest BCUT2D eigenvalue weighted by Crippen LogP contribution is -2.31. The first-order chi connectivity index (χ1) is 11.9. The molecular weight excluding hydrogens is 338 g/mol. The molecule has 3 rings (SSSR count). The summed E-state index contributed by atoms with van der Waals surface area (Å²) < 4.78 is 0. The highest BCUT2D eigenvalue weighted by molar-refractivity contribution is 8.00. The summed E-state index contributed by atoms with van der Waals surface area (Å²) >= 11 is 1.09. The molecule has 1 atom stereocenters. The summed E-state index contributed by atoms with van der Waals surface area (Å²) in [6.07, 6.45) is 0.0399. The van der Waals surface area contributed by atoms with Crippen LogP contribution in [-0.2, 0) is 9.59 Å². The molecule has 25 heavy (non-hydrogen) atoms. The second-order valence-corrected chi connectivity index (χ2v) is 7.20. The molecule has 6 heteroatoms. The molecule has 2 aromatic rings. The number of hydrogen-bond donors (Lipinski definition) is 0. The van der Waals surface area contributed by atoms with Gasteiger partial charge in [0.1, 0.15) is 0 Å². The predicted octanol–water partition coefficient (Wildman–Crippen LogP) is 2.09. The van der Waals surface area contributed by atoms with Crippen molar-refractivity contribution >= 4 is 35.2 Å². The normalized spacial score (nSPS) is 17.2. The molecule has 0 spiro atoms. The van der Waals surface area contributed by atoms with Crippen molar-refractivity contribution in [1.82, 2.24) is 0 Å². The van der Waals surface area contributed by atoms with Gasteiger partial charge in [-0.05, 0) is 31.5 Å². The van der Waals surface area contributed by atoms with Gasteiger partial charge in [-0.2, -0.15) is 0 Å². The molecule has 1 unspecified atom stereocenters. The maximum Gasteiger partial charge on any atom is 0.247 e. The number of carbonyl (C=O) groups excluding carboxylic acids is 3. The minimum atomic E-state index is -1.30. The Kier molecular flexibility index (Phi) is 4.63. The lowest BCUT2D eigenvalue weighted by molar-refractivity contribution is -0.255. The molecule has 0 aromatic heterocycles. The van der Waals surface area contributed by atoms with Gasteiger partial charge in [-0.25, -0.2) is 4.90 Å². The van der Waals surface area contributed by atoms with E-state index in [2.05, 4.69) is 0 Å². The fourth-order valence-electron chi connectivity index (χ4n) is 2.90. The molecular formula is C19H16NO4S-. The van der Waals surface area contributed by atoms with Crippen LogP contribution in [0.15, 0.2) is 47.4 Å². The van der Waals surface area contributed by atoms with Crippen LogP contribution in [-0.4, -0.2) is 23.0 Å². The number of hydrogen-bond acceptors (Lipinski definition) is 5. The molecule has 0 N–H and O–H groups in total. The van der Waals surface area contributed by atoms with Gasteiger partial charge in [0.05, 0.1) is 16.9 Å². The van der Waals surface area contributed by atoms with Crippen LogP contribution in [0, 0.1) is 13.8 Å². The third-order valence-corrected chi connectivity index (χ3v) is 5.34. The third kappa shape index (κ3) is 3.30. The number of carboxylic acid groups (broad SMARTS) is 1. The SMILES string of the molecule is Cc1ccc(N2C(=O)CC(Sc3ccccc3C(=O)[O-])C2=O)c(C)c1. The zero-order valence-corrected chi connectivity index (χ0v) is 14.6. The van der Waals surface area contributed by atoms with Gasteiger partial charge in [0.25, 0.3) is 0 Å². The van der Waals surface area contributed by atoms with Crippen molar-refractivity contribution in [1.29, 1.82) is 0 Å². The van der Waals surface area contributed by atoms with Crippen LogP contribution in [0.25, 0.3) is 0 Å². The monoisotopic (exact) mass is 354 g/mol. The summed E-state index contributed by atoms with van der Waals surface area (Å²) in [5.41, 5.74) is 2.51. The maximum atomic E-state index is 12.8. The molecule has 128 valence electrons. The van der Waals surface area contributed by atoms with Crippen molar-refractivity contribution in [3.8, 4) is 0 Å². The van der Waals surface area contributed by atoms with Crippen LogP contribution in [0.5, 0.6) is 0 Å². The van der Waals surface area contributed by atoms with Crippen molar-refractivity contribution in [2.45, 2.75) is 30.4 Å². The Balaban J connectivity index is 1.88. The Labute approximate surface area is 149 Å². The van der Waals surface area contributed by atoms with E-state index in [9.17, 15) is 19.5 Å². The molecule has 2 amide bonds. The number of aromatic carboxylic acids is 1. The smallest absolute Gasteiger partial charge is 0.247 e. The Morgan fingerprint density at radius 2 is 1.88 bits per heavy atom. The van der Waals surface area contributed by atoms with E-state index in [0.29, 0.717) is 10.6 Å². The van der Waals surface area contributed by atoms with Gasteiger partial charge in [-0.15, -0.1) is 11.8 Å². The van der Waals surface area contributed by atoms with Crippen molar-refractivity contribution < 1.29 is 19.5 Å². The number of carboxylic acids is 1. The number of aryl methyl sites for hydroxylation is 2. The minimum absolute atomic E-state index is 0.0257. The van der Waals surface area contributed by atoms with Gasteiger partial charge in [0.15, 0.2) is 0 Å². The number of rotatable bonds is 4. The van der Waals surface area contributed by atoms with Crippen LogP contribution in [0.4, 0.5) is 5.69 Å². The average Bonchev–Trinajstić information content (AvgIpc) is 2.82.